The summed E-state index contributed by atoms with van der Waals surface area (Å²) in [5.74, 6) is 0. The van der Waals surface area contributed by atoms with Gasteiger partial charge in [0, 0.05) is 32.3 Å². The van der Waals surface area contributed by atoms with Crippen molar-refractivity contribution in [2.45, 2.75) is 31.7 Å². The Morgan fingerprint density at radius 3 is 2.92 bits per heavy atom. The van der Waals surface area contributed by atoms with Crippen LogP contribution in [0.2, 0.25) is 0 Å². The number of ether oxygens (including phenoxy) is 1. The summed E-state index contributed by atoms with van der Waals surface area (Å²) in [5, 5.41) is 0. The maximum Gasteiger partial charge on any atom is 0.0474 e. The van der Waals surface area contributed by atoms with E-state index in [9.17, 15) is 0 Å². The molecule has 0 aromatic heterocycles. The molecule has 0 amide bonds. The molecule has 1 rings (SSSR count). The molecule has 1 heterocycles. The van der Waals surface area contributed by atoms with E-state index >= 15 is 0 Å². The first-order valence-corrected chi connectivity index (χ1v) is 5.14. The predicted molar refractivity (Wildman–Crippen MR) is 54.8 cm³/mol. The van der Waals surface area contributed by atoms with Gasteiger partial charge in [0.05, 0.1) is 0 Å². The zero-order chi connectivity index (χ0) is 9.73. The van der Waals surface area contributed by atoms with Gasteiger partial charge >= 0.3 is 0 Å². The van der Waals surface area contributed by atoms with Crippen molar-refractivity contribution in [2.75, 3.05) is 33.4 Å². The van der Waals surface area contributed by atoms with Gasteiger partial charge in [-0.15, -0.1) is 0 Å². The summed E-state index contributed by atoms with van der Waals surface area (Å²) in [4.78, 5) is 2.45. The van der Waals surface area contributed by atoms with Crippen molar-refractivity contribution >= 4 is 0 Å². The van der Waals surface area contributed by atoms with E-state index in [1.165, 1.54) is 13.0 Å². The minimum atomic E-state index is 0.0331. The van der Waals surface area contributed by atoms with E-state index < -0.39 is 0 Å². The Kier molecular flexibility index (Phi) is 4.16. The van der Waals surface area contributed by atoms with E-state index in [2.05, 4.69) is 11.8 Å². The predicted octanol–water partition coefficient (Wildman–Crippen LogP) is 0.836. The summed E-state index contributed by atoms with van der Waals surface area (Å²) in [6.45, 7) is 6.38. The van der Waals surface area contributed by atoms with Crippen LogP contribution in [-0.2, 0) is 4.74 Å². The molecule has 1 saturated heterocycles. The summed E-state index contributed by atoms with van der Waals surface area (Å²) in [6, 6.07) is 0. The highest BCUT2D eigenvalue weighted by Crippen LogP contribution is 2.17. The highest BCUT2D eigenvalue weighted by atomic mass is 16.5. The first-order valence-electron chi connectivity index (χ1n) is 5.14. The SMILES string of the molecule is COCCCN1CCCC(C)(N)C1. The standard InChI is InChI=1S/C10H22N2O/c1-10(11)5-3-6-12(9-10)7-4-8-13-2/h3-9,11H2,1-2H3. The summed E-state index contributed by atoms with van der Waals surface area (Å²) in [5.41, 5.74) is 6.13. The molecular formula is C10H22N2O. The molecule has 0 radical (unpaired) electrons. The molecule has 3 heteroatoms. The molecule has 0 bridgehead atoms. The molecule has 1 atom stereocenters. The Balaban J connectivity index is 2.19. The fraction of sp³-hybridized carbons (Fsp3) is 1.00. The van der Waals surface area contributed by atoms with Gasteiger partial charge in [0.2, 0.25) is 0 Å². The number of methoxy groups -OCH3 is 1. The molecule has 0 spiro atoms. The Bertz CT molecular complexity index is 148. The van der Waals surface area contributed by atoms with Crippen molar-refractivity contribution in [3.8, 4) is 0 Å². The van der Waals surface area contributed by atoms with Gasteiger partial charge in [0.25, 0.3) is 0 Å². The largest absolute Gasteiger partial charge is 0.385 e. The lowest BCUT2D eigenvalue weighted by Crippen LogP contribution is -2.52. The van der Waals surface area contributed by atoms with Crippen molar-refractivity contribution in [1.82, 2.24) is 4.90 Å². The quantitative estimate of drug-likeness (QED) is 0.661. The zero-order valence-corrected chi connectivity index (χ0v) is 8.88. The van der Waals surface area contributed by atoms with Gasteiger partial charge in [-0.3, -0.25) is 0 Å². The number of nitrogens with two attached hydrogens (primary N) is 1. The molecule has 1 aliphatic rings. The molecule has 13 heavy (non-hydrogen) atoms. The van der Waals surface area contributed by atoms with Crippen LogP contribution in [0.3, 0.4) is 0 Å². The minimum Gasteiger partial charge on any atom is -0.385 e. The highest BCUT2D eigenvalue weighted by molar-refractivity contribution is 4.86. The maximum atomic E-state index is 6.10. The van der Waals surface area contributed by atoms with Crippen molar-refractivity contribution in [3.05, 3.63) is 0 Å². The third-order valence-corrected chi connectivity index (χ3v) is 2.63. The normalized spacial score (nSPS) is 30.7. The van der Waals surface area contributed by atoms with Gasteiger partial charge in [-0.25, -0.2) is 0 Å². The van der Waals surface area contributed by atoms with E-state index in [-0.39, 0.29) is 5.54 Å². The maximum absolute atomic E-state index is 6.10. The summed E-state index contributed by atoms with van der Waals surface area (Å²) >= 11 is 0. The molecule has 2 N–H and O–H groups in total. The van der Waals surface area contributed by atoms with Crippen LogP contribution in [0, 0.1) is 0 Å². The molecule has 0 saturated carbocycles. The Labute approximate surface area is 81.2 Å². The zero-order valence-electron chi connectivity index (χ0n) is 8.88. The van der Waals surface area contributed by atoms with Crippen LogP contribution >= 0.6 is 0 Å². The molecule has 1 unspecified atom stereocenters. The number of hydrogen-bond donors (Lipinski definition) is 1. The number of nitrogens with zero attached hydrogens (tertiary/aromatic N) is 1. The number of piperidine rings is 1. The Morgan fingerprint density at radius 1 is 1.54 bits per heavy atom. The van der Waals surface area contributed by atoms with Crippen molar-refractivity contribution in [1.29, 1.82) is 0 Å². The first kappa shape index (κ1) is 11.0. The van der Waals surface area contributed by atoms with Crippen LogP contribution in [0.4, 0.5) is 0 Å². The lowest BCUT2D eigenvalue weighted by atomic mass is 9.92. The molecule has 1 fully saturated rings. The van der Waals surface area contributed by atoms with Crippen molar-refractivity contribution in [3.63, 3.8) is 0 Å². The van der Waals surface area contributed by atoms with Crippen molar-refractivity contribution < 1.29 is 4.74 Å². The number of rotatable bonds is 4. The fourth-order valence-corrected chi connectivity index (χ4v) is 2.00. The van der Waals surface area contributed by atoms with E-state index in [0.717, 1.165) is 32.5 Å². The summed E-state index contributed by atoms with van der Waals surface area (Å²) in [7, 11) is 1.75. The van der Waals surface area contributed by atoms with Gasteiger partial charge in [-0.05, 0) is 32.7 Å². The highest BCUT2D eigenvalue weighted by Gasteiger charge is 2.26. The molecule has 1 aliphatic heterocycles. The average Bonchev–Trinajstić information content (AvgIpc) is 2.03. The Hall–Kier alpha value is -0.120. The van der Waals surface area contributed by atoms with E-state index in [1.54, 1.807) is 7.11 Å². The van der Waals surface area contributed by atoms with E-state index in [0.29, 0.717) is 0 Å². The summed E-state index contributed by atoms with van der Waals surface area (Å²) in [6.07, 6.45) is 3.51. The van der Waals surface area contributed by atoms with Crippen LogP contribution in [0.1, 0.15) is 26.2 Å². The van der Waals surface area contributed by atoms with Gasteiger partial charge in [0.15, 0.2) is 0 Å². The van der Waals surface area contributed by atoms with Crippen LogP contribution in [0.25, 0.3) is 0 Å². The second-order valence-corrected chi connectivity index (χ2v) is 4.38. The van der Waals surface area contributed by atoms with Crippen LogP contribution < -0.4 is 5.73 Å². The average molecular weight is 186 g/mol. The molecule has 3 nitrogen and oxygen atoms in total. The fourth-order valence-electron chi connectivity index (χ4n) is 2.00. The van der Waals surface area contributed by atoms with Crippen LogP contribution in [0.5, 0.6) is 0 Å². The van der Waals surface area contributed by atoms with Gasteiger partial charge in [0.1, 0.15) is 0 Å². The van der Waals surface area contributed by atoms with Gasteiger partial charge in [-0.1, -0.05) is 0 Å². The van der Waals surface area contributed by atoms with Crippen LogP contribution in [0.15, 0.2) is 0 Å². The lowest BCUT2D eigenvalue weighted by molar-refractivity contribution is 0.133. The smallest absolute Gasteiger partial charge is 0.0474 e. The molecule has 0 aliphatic carbocycles. The second kappa shape index (κ2) is 4.94. The van der Waals surface area contributed by atoms with E-state index in [4.69, 9.17) is 10.5 Å². The monoisotopic (exact) mass is 186 g/mol. The topological polar surface area (TPSA) is 38.5 Å². The first-order chi connectivity index (χ1) is 6.14. The van der Waals surface area contributed by atoms with E-state index in [1.807, 2.05) is 0 Å². The van der Waals surface area contributed by atoms with Gasteiger partial charge < -0.3 is 15.4 Å². The number of likely N-dealkylation sites (tertiary alicyclic amines) is 1. The summed E-state index contributed by atoms with van der Waals surface area (Å²) < 4.78 is 5.03. The van der Waals surface area contributed by atoms with Crippen molar-refractivity contribution in [2.24, 2.45) is 5.73 Å². The minimum absolute atomic E-state index is 0.0331. The third-order valence-electron chi connectivity index (χ3n) is 2.63. The third kappa shape index (κ3) is 4.07. The molecule has 78 valence electrons. The Morgan fingerprint density at radius 2 is 2.31 bits per heavy atom. The number of hydrogen-bond acceptors (Lipinski definition) is 3. The van der Waals surface area contributed by atoms with Crippen LogP contribution in [-0.4, -0.2) is 43.8 Å². The molecular weight excluding hydrogens is 164 g/mol. The second-order valence-electron chi connectivity index (χ2n) is 4.38. The molecule has 0 aromatic rings. The van der Waals surface area contributed by atoms with Gasteiger partial charge in [-0.2, -0.15) is 0 Å². The molecule has 0 aromatic carbocycles. The lowest BCUT2D eigenvalue weighted by Gasteiger charge is -2.37.